The molecule has 1 saturated heterocycles. The molecule has 3 heterocycles. The van der Waals surface area contributed by atoms with Gasteiger partial charge in [0.15, 0.2) is 0 Å². The second-order valence-corrected chi connectivity index (χ2v) is 8.55. The first-order chi connectivity index (χ1) is 14.9. The summed E-state index contributed by atoms with van der Waals surface area (Å²) in [5.41, 5.74) is 4.20. The van der Waals surface area contributed by atoms with Crippen LogP contribution >= 0.6 is 0 Å². The van der Waals surface area contributed by atoms with Crippen molar-refractivity contribution < 1.29 is 9.59 Å². The Kier molecular flexibility index (Phi) is 4.65. The maximum atomic E-state index is 13.4. The molecule has 6 nitrogen and oxygen atoms in total. The van der Waals surface area contributed by atoms with E-state index in [1.54, 1.807) is 29.0 Å². The lowest BCUT2D eigenvalue weighted by Gasteiger charge is -2.39. The monoisotopic (exact) mass is 415 g/mol. The van der Waals surface area contributed by atoms with Crippen molar-refractivity contribution in [3.63, 3.8) is 0 Å². The van der Waals surface area contributed by atoms with E-state index in [9.17, 15) is 14.4 Å². The Labute approximate surface area is 180 Å². The fourth-order valence-corrected chi connectivity index (χ4v) is 4.86. The van der Waals surface area contributed by atoms with Crippen molar-refractivity contribution in [1.29, 1.82) is 0 Å². The average molecular weight is 415 g/mol. The van der Waals surface area contributed by atoms with E-state index < -0.39 is 6.04 Å². The van der Waals surface area contributed by atoms with Crippen molar-refractivity contribution in [3.05, 3.63) is 81.1 Å². The highest BCUT2D eigenvalue weighted by Crippen LogP contribution is 2.25. The number of rotatable bonds is 3. The number of aromatic nitrogens is 1. The Hall–Kier alpha value is -3.41. The van der Waals surface area contributed by atoms with Crippen LogP contribution in [0.4, 0.5) is 0 Å². The molecule has 1 fully saturated rings. The first-order valence-corrected chi connectivity index (χ1v) is 10.7. The number of nitrogens with zero attached hydrogens (tertiary/aromatic N) is 3. The van der Waals surface area contributed by atoms with Gasteiger partial charge in [-0.2, -0.15) is 0 Å². The molecule has 0 saturated carbocycles. The molecule has 0 N–H and O–H groups in total. The van der Waals surface area contributed by atoms with Crippen molar-refractivity contribution in [2.24, 2.45) is 0 Å². The van der Waals surface area contributed by atoms with Gasteiger partial charge in [-0.3, -0.25) is 14.4 Å². The number of para-hydroxylation sites is 1. The lowest BCUT2D eigenvalue weighted by atomic mass is 10.1. The third-order valence-corrected chi connectivity index (χ3v) is 6.50. The molecule has 0 unspecified atom stereocenters. The highest BCUT2D eigenvalue weighted by Gasteiger charge is 2.36. The summed E-state index contributed by atoms with van der Waals surface area (Å²) in [6.07, 6.45) is 2.54. The fourth-order valence-electron chi connectivity index (χ4n) is 4.86. The molecule has 0 bridgehead atoms. The fraction of sp³-hybridized carbons (Fsp3) is 0.320. The minimum Gasteiger partial charge on any atom is -0.346 e. The van der Waals surface area contributed by atoms with Gasteiger partial charge in [-0.05, 0) is 37.5 Å². The van der Waals surface area contributed by atoms with Gasteiger partial charge in [-0.15, -0.1) is 0 Å². The molecule has 0 aliphatic carbocycles. The van der Waals surface area contributed by atoms with Crippen molar-refractivity contribution >= 4 is 22.7 Å². The number of carbonyl (C=O) groups excluding carboxylic acids is 2. The Balaban J connectivity index is 1.41. The second kappa shape index (κ2) is 7.38. The molecule has 5 rings (SSSR count). The van der Waals surface area contributed by atoms with Gasteiger partial charge in [0.1, 0.15) is 11.6 Å². The van der Waals surface area contributed by atoms with E-state index in [4.69, 9.17) is 0 Å². The van der Waals surface area contributed by atoms with Crippen molar-refractivity contribution in [2.45, 2.75) is 39.4 Å². The zero-order valence-corrected chi connectivity index (χ0v) is 17.8. The van der Waals surface area contributed by atoms with Gasteiger partial charge in [0.2, 0.25) is 11.3 Å². The van der Waals surface area contributed by atoms with Gasteiger partial charge in [0.05, 0.1) is 5.52 Å². The minimum absolute atomic E-state index is 0.0891. The highest BCUT2D eigenvalue weighted by atomic mass is 16.2. The molecule has 31 heavy (non-hydrogen) atoms. The number of carbonyl (C=O) groups is 2. The summed E-state index contributed by atoms with van der Waals surface area (Å²) >= 11 is 0. The van der Waals surface area contributed by atoms with Gasteiger partial charge >= 0.3 is 0 Å². The van der Waals surface area contributed by atoms with E-state index >= 15 is 0 Å². The van der Waals surface area contributed by atoms with E-state index in [1.807, 2.05) is 41.8 Å². The summed E-state index contributed by atoms with van der Waals surface area (Å²) in [6.45, 7) is 5.93. The van der Waals surface area contributed by atoms with Crippen LogP contribution in [-0.4, -0.2) is 45.3 Å². The molecule has 2 amide bonds. The Morgan fingerprint density at radius 1 is 1.06 bits per heavy atom. The predicted octanol–water partition coefficient (Wildman–Crippen LogP) is 2.74. The predicted molar refractivity (Wildman–Crippen MR) is 119 cm³/mol. The molecule has 0 radical (unpaired) electrons. The largest absolute Gasteiger partial charge is 0.346 e. The zero-order chi connectivity index (χ0) is 21.7. The molecule has 2 aliphatic rings. The number of benzene rings is 2. The third-order valence-electron chi connectivity index (χ3n) is 6.50. The number of hydrogen-bond donors (Lipinski definition) is 0. The van der Waals surface area contributed by atoms with Gasteiger partial charge in [0.25, 0.3) is 5.91 Å². The second-order valence-electron chi connectivity index (χ2n) is 8.55. The molecule has 1 atom stereocenters. The van der Waals surface area contributed by atoms with Gasteiger partial charge < -0.3 is 14.4 Å². The topological polar surface area (TPSA) is 62.6 Å². The summed E-state index contributed by atoms with van der Waals surface area (Å²) in [6, 6.07) is 13.2. The molecule has 3 aromatic rings. The maximum absolute atomic E-state index is 13.4. The third kappa shape index (κ3) is 3.23. The molecule has 2 aliphatic heterocycles. The zero-order valence-electron chi connectivity index (χ0n) is 17.8. The van der Waals surface area contributed by atoms with Gasteiger partial charge in [-0.1, -0.05) is 42.0 Å². The van der Waals surface area contributed by atoms with Crippen LogP contribution < -0.4 is 5.43 Å². The van der Waals surface area contributed by atoms with Crippen LogP contribution in [0.5, 0.6) is 0 Å². The van der Waals surface area contributed by atoms with E-state index in [2.05, 4.69) is 6.07 Å². The summed E-state index contributed by atoms with van der Waals surface area (Å²) in [5, 5.41) is 0.581. The van der Waals surface area contributed by atoms with E-state index in [-0.39, 0.29) is 22.8 Å². The molecule has 6 heteroatoms. The standard InChI is InChI=1S/C25H25N3O3/c1-16-5-3-6-18(13-16)14-27-11-12-28(17(2)24(27)30)25(31)21-15-26-10-9-19-7-4-8-20(22(19)26)23(21)29/h3-8,13,15,17H,9-12,14H2,1-2H3/t17-/m1/s1. The maximum Gasteiger partial charge on any atom is 0.260 e. The van der Waals surface area contributed by atoms with Crippen LogP contribution in [0.1, 0.15) is 34.0 Å². The Bertz CT molecular complexity index is 1280. The first kappa shape index (κ1) is 19.5. The summed E-state index contributed by atoms with van der Waals surface area (Å²) in [4.78, 5) is 42.8. The van der Waals surface area contributed by atoms with Crippen LogP contribution in [-0.2, 0) is 24.3 Å². The lowest BCUT2D eigenvalue weighted by Crippen LogP contribution is -2.57. The van der Waals surface area contributed by atoms with Gasteiger partial charge in [0, 0.05) is 37.8 Å². The lowest BCUT2D eigenvalue weighted by molar-refractivity contribution is -0.140. The number of hydrogen-bond acceptors (Lipinski definition) is 3. The molecule has 2 aromatic carbocycles. The SMILES string of the molecule is Cc1cccc(CN2CCN(C(=O)c3cn4c5c(cccc5c3=O)CC4)[C@H](C)C2=O)c1. The van der Waals surface area contributed by atoms with Crippen molar-refractivity contribution in [2.75, 3.05) is 13.1 Å². The van der Waals surface area contributed by atoms with Crippen LogP contribution in [0.2, 0.25) is 0 Å². The molecule has 158 valence electrons. The number of amides is 2. The van der Waals surface area contributed by atoms with Gasteiger partial charge in [-0.25, -0.2) is 0 Å². The van der Waals surface area contributed by atoms with Crippen LogP contribution in [0, 0.1) is 6.92 Å². The smallest absolute Gasteiger partial charge is 0.260 e. The molecular weight excluding hydrogens is 390 g/mol. The molecular formula is C25H25N3O3. The van der Waals surface area contributed by atoms with Crippen LogP contribution in [0.25, 0.3) is 10.9 Å². The normalized spacial score (nSPS) is 18.1. The van der Waals surface area contributed by atoms with Crippen molar-refractivity contribution in [3.8, 4) is 0 Å². The van der Waals surface area contributed by atoms with Crippen LogP contribution in [0.3, 0.4) is 0 Å². The van der Waals surface area contributed by atoms with Crippen LogP contribution in [0.15, 0.2) is 53.5 Å². The summed E-state index contributed by atoms with van der Waals surface area (Å²) in [7, 11) is 0. The summed E-state index contributed by atoms with van der Waals surface area (Å²) in [5.74, 6) is -0.446. The quantitative estimate of drug-likeness (QED) is 0.661. The first-order valence-electron chi connectivity index (χ1n) is 10.7. The minimum atomic E-state index is -0.605. The number of piperazine rings is 1. The van der Waals surface area contributed by atoms with E-state index in [0.29, 0.717) is 25.0 Å². The number of pyridine rings is 1. The number of aryl methyl sites for hydroxylation is 3. The highest BCUT2D eigenvalue weighted by molar-refractivity contribution is 6.00. The average Bonchev–Trinajstić information content (AvgIpc) is 3.18. The Morgan fingerprint density at radius 3 is 2.68 bits per heavy atom. The van der Waals surface area contributed by atoms with E-state index in [1.165, 1.54) is 0 Å². The summed E-state index contributed by atoms with van der Waals surface area (Å²) < 4.78 is 2.00. The van der Waals surface area contributed by atoms with Crippen molar-refractivity contribution in [1.82, 2.24) is 14.4 Å². The Morgan fingerprint density at radius 2 is 1.87 bits per heavy atom. The molecule has 0 spiro atoms. The molecule has 1 aromatic heterocycles. The van der Waals surface area contributed by atoms with E-state index in [0.717, 1.165) is 35.2 Å².